The molecule has 1 aliphatic rings. The lowest BCUT2D eigenvalue weighted by atomic mass is 9.91. The van der Waals surface area contributed by atoms with Crippen molar-refractivity contribution in [1.29, 1.82) is 0 Å². The summed E-state index contributed by atoms with van der Waals surface area (Å²) in [5.74, 6) is 0. The lowest BCUT2D eigenvalue weighted by Gasteiger charge is -2.31. The molecule has 1 heterocycles. The molecule has 0 radical (unpaired) electrons. The normalized spacial score (nSPS) is 16.4. The van der Waals surface area contributed by atoms with Gasteiger partial charge in [-0.05, 0) is 59.2 Å². The maximum atomic E-state index is 11.8. The Labute approximate surface area is 126 Å². The van der Waals surface area contributed by atoms with E-state index in [-0.39, 0.29) is 5.54 Å². The highest BCUT2D eigenvalue weighted by Gasteiger charge is 2.23. The summed E-state index contributed by atoms with van der Waals surface area (Å²) < 4.78 is 5.27. The Hall–Kier alpha value is -1.97. The Balaban J connectivity index is 2.19. The molecule has 0 aliphatic carbocycles. The van der Waals surface area contributed by atoms with Gasteiger partial charge in [0.15, 0.2) is 0 Å². The molecule has 0 saturated heterocycles. The molecule has 0 unspecified atom stereocenters. The quantitative estimate of drug-likeness (QED) is 0.791. The molecule has 4 nitrogen and oxygen atoms in total. The number of amides is 1. The maximum absolute atomic E-state index is 11.8. The third kappa shape index (κ3) is 4.00. The first-order valence-electron chi connectivity index (χ1n) is 7.18. The van der Waals surface area contributed by atoms with E-state index in [0.29, 0.717) is 0 Å². The van der Waals surface area contributed by atoms with Crippen LogP contribution in [0.2, 0.25) is 0 Å². The molecule has 1 aromatic carbocycles. The Morgan fingerprint density at radius 3 is 2.57 bits per heavy atom. The van der Waals surface area contributed by atoms with Gasteiger partial charge in [0, 0.05) is 16.9 Å². The van der Waals surface area contributed by atoms with E-state index >= 15 is 0 Å². The molecule has 21 heavy (non-hydrogen) atoms. The summed E-state index contributed by atoms with van der Waals surface area (Å²) in [6, 6.07) is 5.84. The lowest BCUT2D eigenvalue weighted by molar-refractivity contribution is 0.0636. The number of fused-ring (bicyclic) bond motifs is 1. The van der Waals surface area contributed by atoms with E-state index in [0.717, 1.165) is 16.9 Å². The number of allylic oxidation sites excluding steroid dienone is 1. The lowest BCUT2D eigenvalue weighted by Crippen LogP contribution is -2.31. The smallest absolute Gasteiger partial charge is 0.412 e. The van der Waals surface area contributed by atoms with E-state index in [9.17, 15) is 4.79 Å². The number of nitrogens with one attached hydrogen (secondary N) is 2. The first kappa shape index (κ1) is 15.4. The molecule has 0 fully saturated rings. The van der Waals surface area contributed by atoms with E-state index in [4.69, 9.17) is 4.74 Å². The zero-order valence-electron chi connectivity index (χ0n) is 13.6. The van der Waals surface area contributed by atoms with Gasteiger partial charge in [-0.3, -0.25) is 5.32 Å². The molecule has 0 spiro atoms. The van der Waals surface area contributed by atoms with Crippen molar-refractivity contribution in [1.82, 2.24) is 0 Å². The molecule has 4 heteroatoms. The minimum Gasteiger partial charge on any atom is -0.444 e. The minimum absolute atomic E-state index is 0.0956. The van der Waals surface area contributed by atoms with Crippen molar-refractivity contribution in [2.45, 2.75) is 52.7 Å². The predicted octanol–water partition coefficient (Wildman–Crippen LogP) is 4.64. The average Bonchev–Trinajstić information content (AvgIpc) is 2.23. The molecule has 1 amide bonds. The Morgan fingerprint density at radius 2 is 1.95 bits per heavy atom. The molecule has 114 valence electrons. The summed E-state index contributed by atoms with van der Waals surface area (Å²) in [5.41, 5.74) is 3.54. The fourth-order valence-corrected chi connectivity index (χ4v) is 2.49. The third-order valence-corrected chi connectivity index (χ3v) is 3.12. The van der Waals surface area contributed by atoms with Gasteiger partial charge in [-0.25, -0.2) is 4.79 Å². The topological polar surface area (TPSA) is 50.4 Å². The average molecular weight is 288 g/mol. The van der Waals surface area contributed by atoms with Gasteiger partial charge in [-0.15, -0.1) is 0 Å². The van der Waals surface area contributed by atoms with Crippen molar-refractivity contribution in [3.05, 3.63) is 29.8 Å². The molecule has 0 saturated carbocycles. The second kappa shape index (κ2) is 5.10. The van der Waals surface area contributed by atoms with Crippen molar-refractivity contribution in [3.8, 4) is 0 Å². The number of hydrogen-bond donors (Lipinski definition) is 2. The van der Waals surface area contributed by atoms with Crippen LogP contribution in [0.5, 0.6) is 0 Å². The van der Waals surface area contributed by atoms with Crippen LogP contribution < -0.4 is 10.6 Å². The van der Waals surface area contributed by atoms with Crippen LogP contribution in [0.4, 0.5) is 16.2 Å². The highest BCUT2D eigenvalue weighted by molar-refractivity contribution is 5.88. The van der Waals surface area contributed by atoms with Crippen LogP contribution in [0, 0.1) is 0 Å². The summed E-state index contributed by atoms with van der Waals surface area (Å²) in [7, 11) is 0. The van der Waals surface area contributed by atoms with Gasteiger partial charge in [0.1, 0.15) is 5.60 Å². The van der Waals surface area contributed by atoms with Gasteiger partial charge in [-0.2, -0.15) is 0 Å². The molecule has 2 rings (SSSR count). The molecule has 0 aromatic heterocycles. The van der Waals surface area contributed by atoms with Crippen LogP contribution >= 0.6 is 0 Å². The van der Waals surface area contributed by atoms with Gasteiger partial charge in [0.05, 0.1) is 5.54 Å². The zero-order chi connectivity index (χ0) is 15.8. The van der Waals surface area contributed by atoms with Crippen molar-refractivity contribution < 1.29 is 9.53 Å². The number of ether oxygens (including phenoxy) is 1. The Morgan fingerprint density at radius 1 is 1.29 bits per heavy atom. The first-order chi connectivity index (χ1) is 9.56. The monoisotopic (exact) mass is 288 g/mol. The van der Waals surface area contributed by atoms with Crippen molar-refractivity contribution >= 4 is 23.0 Å². The van der Waals surface area contributed by atoms with Crippen LogP contribution in [0.1, 0.15) is 47.1 Å². The van der Waals surface area contributed by atoms with Crippen LogP contribution in [-0.2, 0) is 4.74 Å². The molecule has 0 bridgehead atoms. The molecule has 1 aliphatic heterocycles. The summed E-state index contributed by atoms with van der Waals surface area (Å²) in [6.45, 7) is 11.9. The summed E-state index contributed by atoms with van der Waals surface area (Å²) >= 11 is 0. The largest absolute Gasteiger partial charge is 0.444 e. The van der Waals surface area contributed by atoms with Crippen LogP contribution in [-0.4, -0.2) is 17.2 Å². The number of benzene rings is 1. The SMILES string of the molecule is CC1=CC(C)(C)Nc2cc(NC(=O)OC(C)(C)C)ccc21. The van der Waals surface area contributed by atoms with E-state index < -0.39 is 11.7 Å². The second-order valence-corrected chi connectivity index (χ2v) is 7.06. The number of carbonyl (C=O) groups is 1. The van der Waals surface area contributed by atoms with Crippen LogP contribution in [0.25, 0.3) is 5.57 Å². The standard InChI is InChI=1S/C17H24N2O2/c1-11-10-17(5,6)19-14-9-12(7-8-13(11)14)18-15(20)21-16(2,3)4/h7-10,19H,1-6H3,(H,18,20). The number of rotatable bonds is 1. The van der Waals surface area contributed by atoms with E-state index in [1.807, 2.05) is 39.0 Å². The Bertz CT molecular complexity index is 595. The van der Waals surface area contributed by atoms with Gasteiger partial charge >= 0.3 is 6.09 Å². The van der Waals surface area contributed by atoms with Gasteiger partial charge in [0.2, 0.25) is 0 Å². The molecule has 0 atom stereocenters. The van der Waals surface area contributed by atoms with Crippen LogP contribution in [0.15, 0.2) is 24.3 Å². The zero-order valence-corrected chi connectivity index (χ0v) is 13.6. The highest BCUT2D eigenvalue weighted by atomic mass is 16.6. The number of carbonyl (C=O) groups excluding carboxylic acids is 1. The summed E-state index contributed by atoms with van der Waals surface area (Å²) in [5, 5.41) is 6.23. The van der Waals surface area contributed by atoms with E-state index in [2.05, 4.69) is 37.5 Å². The number of hydrogen-bond acceptors (Lipinski definition) is 3. The van der Waals surface area contributed by atoms with Crippen molar-refractivity contribution in [2.75, 3.05) is 10.6 Å². The highest BCUT2D eigenvalue weighted by Crippen LogP contribution is 2.35. The molecule has 1 aromatic rings. The summed E-state index contributed by atoms with van der Waals surface area (Å²) in [4.78, 5) is 11.8. The van der Waals surface area contributed by atoms with Gasteiger partial charge in [0.25, 0.3) is 0 Å². The van der Waals surface area contributed by atoms with Crippen molar-refractivity contribution in [3.63, 3.8) is 0 Å². The Kier molecular flexibility index (Phi) is 3.74. The maximum Gasteiger partial charge on any atom is 0.412 e. The fraction of sp³-hybridized carbons (Fsp3) is 0.471. The number of anilines is 2. The van der Waals surface area contributed by atoms with Gasteiger partial charge < -0.3 is 10.1 Å². The second-order valence-electron chi connectivity index (χ2n) is 7.06. The van der Waals surface area contributed by atoms with Gasteiger partial charge in [-0.1, -0.05) is 12.1 Å². The first-order valence-corrected chi connectivity index (χ1v) is 7.18. The molecule has 2 N–H and O–H groups in total. The molecular formula is C17H24N2O2. The fourth-order valence-electron chi connectivity index (χ4n) is 2.49. The van der Waals surface area contributed by atoms with Crippen molar-refractivity contribution in [2.24, 2.45) is 0 Å². The van der Waals surface area contributed by atoms with Crippen LogP contribution in [0.3, 0.4) is 0 Å². The third-order valence-electron chi connectivity index (χ3n) is 3.12. The van der Waals surface area contributed by atoms with E-state index in [1.165, 1.54) is 5.57 Å². The minimum atomic E-state index is -0.502. The van der Waals surface area contributed by atoms with E-state index in [1.54, 1.807) is 0 Å². The summed E-state index contributed by atoms with van der Waals surface area (Å²) in [6.07, 6.45) is 1.76. The molecular weight excluding hydrogens is 264 g/mol. The predicted molar refractivity (Wildman–Crippen MR) is 87.7 cm³/mol.